The maximum atomic E-state index is 12.4. The van der Waals surface area contributed by atoms with Gasteiger partial charge in [0.1, 0.15) is 12.1 Å². The number of hydrogen-bond acceptors (Lipinski definition) is 6. The van der Waals surface area contributed by atoms with Crippen LogP contribution >= 0.6 is 0 Å². The van der Waals surface area contributed by atoms with E-state index in [2.05, 4.69) is 28.7 Å². The number of carbonyl (C=O) groups is 1. The average molecular weight is 705 g/mol. The second-order valence-corrected chi connectivity index (χ2v) is 15.2. The number of aromatic amines is 1. The van der Waals surface area contributed by atoms with Crippen molar-refractivity contribution in [2.75, 3.05) is 32.8 Å². The van der Waals surface area contributed by atoms with E-state index in [1.807, 2.05) is 6.92 Å². The van der Waals surface area contributed by atoms with E-state index in [1.54, 1.807) is 12.5 Å². The zero-order chi connectivity index (χ0) is 36.2. The third-order valence-electron chi connectivity index (χ3n) is 10.2. The summed E-state index contributed by atoms with van der Waals surface area (Å²) >= 11 is 0. The first-order chi connectivity index (χ1) is 24.6. The molecule has 294 valence electrons. The Labute approximate surface area is 310 Å². The van der Waals surface area contributed by atoms with Crippen LogP contribution in [0.4, 0.5) is 0 Å². The largest absolute Gasteiger partial charge is 0.459 e. The van der Waals surface area contributed by atoms with Crippen molar-refractivity contribution in [1.29, 1.82) is 0 Å². The van der Waals surface area contributed by atoms with Crippen molar-refractivity contribution in [3.8, 4) is 0 Å². The van der Waals surface area contributed by atoms with E-state index in [1.165, 1.54) is 180 Å². The number of ether oxygens (including phenoxy) is 2. The fourth-order valence-corrected chi connectivity index (χ4v) is 6.87. The molecule has 7 nitrogen and oxygen atoms in total. The number of hydrogen-bond donors (Lipinski definition) is 2. The van der Waals surface area contributed by atoms with Gasteiger partial charge in [-0.05, 0) is 32.9 Å². The molecule has 3 N–H and O–H groups in total. The summed E-state index contributed by atoms with van der Waals surface area (Å²) in [5, 5.41) is 0. The van der Waals surface area contributed by atoms with E-state index in [9.17, 15) is 4.79 Å². The Morgan fingerprint density at radius 1 is 0.660 bits per heavy atom. The van der Waals surface area contributed by atoms with Crippen LogP contribution in [0.3, 0.4) is 0 Å². The molecule has 7 heteroatoms. The lowest BCUT2D eigenvalue weighted by molar-refractivity contribution is -0.152. The van der Waals surface area contributed by atoms with Crippen molar-refractivity contribution in [3.63, 3.8) is 0 Å². The predicted molar refractivity (Wildman–Crippen MR) is 214 cm³/mol. The molecule has 0 amide bonds. The van der Waals surface area contributed by atoms with E-state index in [-0.39, 0.29) is 6.10 Å². The van der Waals surface area contributed by atoms with Gasteiger partial charge in [-0.1, -0.05) is 181 Å². The first-order valence-corrected chi connectivity index (χ1v) is 21.8. The number of imidazole rings is 1. The van der Waals surface area contributed by atoms with Gasteiger partial charge < -0.3 is 25.1 Å². The first-order valence-electron chi connectivity index (χ1n) is 21.8. The van der Waals surface area contributed by atoms with Crippen LogP contribution in [0.5, 0.6) is 0 Å². The molecule has 2 atom stereocenters. The molecule has 0 saturated carbocycles. The lowest BCUT2D eigenvalue weighted by atomic mass is 10.0. The molecular weight excluding hydrogens is 620 g/mol. The van der Waals surface area contributed by atoms with Gasteiger partial charge in [0, 0.05) is 24.9 Å². The van der Waals surface area contributed by atoms with Gasteiger partial charge >= 0.3 is 5.97 Å². The van der Waals surface area contributed by atoms with Crippen LogP contribution in [-0.4, -0.2) is 65.8 Å². The standard InChI is InChI=1S/C43H84N4O3/c1-4-6-8-10-12-14-16-18-20-22-24-26-28-30-32-47(33-31-29-27-25-23-21-19-17-15-13-11-9-7-5-2)34-35-49-38-40(3)50-43(48)42(44)36-41-37-45-39-46-41/h37,39-40,42H,4-36,38,44H2,1-3H3,(H,45,46). The Hall–Kier alpha value is -1.44. The molecule has 0 radical (unpaired) electrons. The van der Waals surface area contributed by atoms with Crippen LogP contribution in [0.25, 0.3) is 0 Å². The molecule has 0 aromatic carbocycles. The number of esters is 1. The number of nitrogens with zero attached hydrogens (tertiary/aromatic N) is 2. The molecule has 0 spiro atoms. The van der Waals surface area contributed by atoms with Gasteiger partial charge in [-0.25, -0.2) is 4.98 Å². The fourth-order valence-electron chi connectivity index (χ4n) is 6.87. The number of carbonyl (C=O) groups excluding carboxylic acids is 1. The van der Waals surface area contributed by atoms with Gasteiger partial charge in [0.2, 0.25) is 0 Å². The highest BCUT2D eigenvalue weighted by Gasteiger charge is 2.19. The number of aromatic nitrogens is 2. The molecule has 0 aliphatic rings. The normalized spacial score (nSPS) is 12.9. The third-order valence-corrected chi connectivity index (χ3v) is 10.2. The van der Waals surface area contributed by atoms with Crippen LogP contribution in [0.1, 0.15) is 206 Å². The Morgan fingerprint density at radius 2 is 1.06 bits per heavy atom. The SMILES string of the molecule is CCCCCCCCCCCCCCCCN(CCCCCCCCCCCCCCCC)CCOCC(C)OC(=O)C(N)Cc1cnc[nH]1. The molecule has 0 fully saturated rings. The highest BCUT2D eigenvalue weighted by molar-refractivity contribution is 5.75. The van der Waals surface area contributed by atoms with Gasteiger partial charge in [-0.3, -0.25) is 4.79 Å². The molecule has 0 saturated heterocycles. The van der Waals surface area contributed by atoms with Crippen LogP contribution in [0.15, 0.2) is 12.5 Å². The summed E-state index contributed by atoms with van der Waals surface area (Å²) in [5.74, 6) is -0.395. The van der Waals surface area contributed by atoms with E-state index < -0.39 is 12.0 Å². The van der Waals surface area contributed by atoms with Crippen molar-refractivity contribution >= 4 is 5.97 Å². The Kier molecular flexibility index (Phi) is 33.5. The molecule has 0 bridgehead atoms. The summed E-state index contributed by atoms with van der Waals surface area (Å²) < 4.78 is 11.5. The molecule has 0 aliphatic carbocycles. The van der Waals surface area contributed by atoms with Crippen molar-refractivity contribution in [2.45, 2.75) is 219 Å². The minimum Gasteiger partial charge on any atom is -0.459 e. The van der Waals surface area contributed by atoms with Gasteiger partial charge in [0.05, 0.1) is 19.5 Å². The van der Waals surface area contributed by atoms with Gasteiger partial charge in [0.15, 0.2) is 0 Å². The summed E-state index contributed by atoms with van der Waals surface area (Å²) in [6, 6.07) is -0.705. The van der Waals surface area contributed by atoms with E-state index in [0.717, 1.165) is 25.3 Å². The van der Waals surface area contributed by atoms with Gasteiger partial charge in [-0.15, -0.1) is 0 Å². The van der Waals surface area contributed by atoms with E-state index in [0.29, 0.717) is 19.6 Å². The second-order valence-electron chi connectivity index (χ2n) is 15.2. The molecule has 0 aliphatic heterocycles. The molecule has 2 unspecified atom stereocenters. The quantitative estimate of drug-likeness (QED) is 0.0523. The molecule has 1 heterocycles. The van der Waals surface area contributed by atoms with Crippen molar-refractivity contribution < 1.29 is 14.3 Å². The number of rotatable bonds is 39. The highest BCUT2D eigenvalue weighted by Crippen LogP contribution is 2.15. The third kappa shape index (κ3) is 30.2. The summed E-state index contributed by atoms with van der Waals surface area (Å²) in [6.45, 7) is 10.8. The number of H-pyrrole nitrogens is 1. The number of nitrogens with two attached hydrogens (primary N) is 1. The second kappa shape index (κ2) is 35.9. The molecule has 1 aromatic rings. The highest BCUT2D eigenvalue weighted by atomic mass is 16.6. The van der Waals surface area contributed by atoms with Crippen molar-refractivity contribution in [3.05, 3.63) is 18.2 Å². The molecule has 1 rings (SSSR count). The maximum Gasteiger partial charge on any atom is 0.323 e. The van der Waals surface area contributed by atoms with Gasteiger partial charge in [-0.2, -0.15) is 0 Å². The van der Waals surface area contributed by atoms with E-state index >= 15 is 0 Å². The first kappa shape index (κ1) is 46.6. The number of unbranched alkanes of at least 4 members (excludes halogenated alkanes) is 26. The fraction of sp³-hybridized carbons (Fsp3) is 0.907. The molecule has 1 aromatic heterocycles. The predicted octanol–water partition coefficient (Wildman–Crippen LogP) is 11.5. The number of nitrogens with one attached hydrogen (secondary N) is 1. The van der Waals surface area contributed by atoms with Crippen LogP contribution in [-0.2, 0) is 20.7 Å². The lowest BCUT2D eigenvalue weighted by Gasteiger charge is -2.23. The summed E-state index contributed by atoms with van der Waals surface area (Å²) in [7, 11) is 0. The Balaban J connectivity index is 2.20. The summed E-state index contributed by atoms with van der Waals surface area (Å²) in [5.41, 5.74) is 6.86. The zero-order valence-electron chi connectivity index (χ0n) is 33.5. The topological polar surface area (TPSA) is 93.5 Å². The van der Waals surface area contributed by atoms with Crippen LogP contribution in [0.2, 0.25) is 0 Å². The maximum absolute atomic E-state index is 12.4. The Morgan fingerprint density at radius 3 is 1.44 bits per heavy atom. The summed E-state index contributed by atoms with van der Waals surface area (Å²) in [4.78, 5) is 22.0. The smallest absolute Gasteiger partial charge is 0.323 e. The average Bonchev–Trinajstić information content (AvgIpc) is 3.63. The van der Waals surface area contributed by atoms with E-state index in [4.69, 9.17) is 15.2 Å². The monoisotopic (exact) mass is 705 g/mol. The van der Waals surface area contributed by atoms with Crippen LogP contribution < -0.4 is 5.73 Å². The van der Waals surface area contributed by atoms with Crippen molar-refractivity contribution in [1.82, 2.24) is 14.9 Å². The minimum absolute atomic E-state index is 0.319. The Bertz CT molecular complexity index is 789. The molecule has 50 heavy (non-hydrogen) atoms. The lowest BCUT2D eigenvalue weighted by Crippen LogP contribution is -2.37. The van der Waals surface area contributed by atoms with Crippen LogP contribution in [0, 0.1) is 0 Å². The summed E-state index contributed by atoms with van der Waals surface area (Å²) in [6.07, 6.45) is 42.4. The van der Waals surface area contributed by atoms with Crippen molar-refractivity contribution in [2.24, 2.45) is 5.73 Å². The van der Waals surface area contributed by atoms with Gasteiger partial charge in [0.25, 0.3) is 0 Å². The molecular formula is C43H84N4O3. The zero-order valence-corrected chi connectivity index (χ0v) is 33.5. The minimum atomic E-state index is -0.705.